The fourth-order valence-electron chi connectivity index (χ4n) is 5.60. The van der Waals surface area contributed by atoms with Crippen molar-refractivity contribution in [2.24, 2.45) is 11.8 Å². The van der Waals surface area contributed by atoms with Gasteiger partial charge in [0.1, 0.15) is 44.9 Å². The molecular weight excluding hydrogens is 1230 g/mol. The van der Waals surface area contributed by atoms with Gasteiger partial charge in [-0.25, -0.2) is 67.4 Å². The van der Waals surface area contributed by atoms with E-state index in [1.807, 2.05) is 41.5 Å². The van der Waals surface area contributed by atoms with Crippen LogP contribution in [-0.2, 0) is 29.4 Å². The molecule has 1 fully saturated rings. The summed E-state index contributed by atoms with van der Waals surface area (Å²) in [4.78, 5) is 41.5. The molecule has 0 spiro atoms. The third-order valence-corrected chi connectivity index (χ3v) is 12.8. The molecule has 0 radical (unpaired) electrons. The van der Waals surface area contributed by atoms with Crippen molar-refractivity contribution < 1.29 is 81.5 Å². The van der Waals surface area contributed by atoms with Gasteiger partial charge in [0.2, 0.25) is 31.8 Å². The van der Waals surface area contributed by atoms with Crippen molar-refractivity contribution >= 4 is 105 Å². The van der Waals surface area contributed by atoms with Gasteiger partial charge in [0, 0.05) is 29.0 Å². The number of hydrogen-bond acceptors (Lipinski definition) is 13. The van der Waals surface area contributed by atoms with Crippen LogP contribution in [0.25, 0.3) is 11.1 Å². The van der Waals surface area contributed by atoms with Gasteiger partial charge < -0.3 is 23.9 Å². The topological polar surface area (TPSA) is 226 Å². The number of pyridine rings is 2. The SMILES string of the molecule is CC(C)COc1ncc(-c2cc(F)c(C(=O)NS(C)(=O)=O)cc2F)cc1Cl.CC(C)COc1ncc(B2OC(C)(C)C(C)(C)O2)cc1Cl.CS(=O)(=O)NC(=O)c1cc(F)c(Br)cc1F.O=C(O)c1cc(F)c(Br)cc1F. The molecule has 76 heavy (non-hydrogen) atoms. The number of carboxylic acids is 1. The van der Waals surface area contributed by atoms with Crippen LogP contribution >= 0.6 is 55.1 Å². The van der Waals surface area contributed by atoms with Crippen LogP contribution in [0, 0.1) is 46.7 Å². The van der Waals surface area contributed by atoms with Crippen LogP contribution < -0.4 is 24.4 Å². The predicted molar refractivity (Wildman–Crippen MR) is 280 cm³/mol. The zero-order chi connectivity index (χ0) is 58.0. The molecule has 3 heterocycles. The van der Waals surface area contributed by atoms with Crippen LogP contribution in [0.15, 0.2) is 69.9 Å². The molecular formula is C47H49BBr2Cl2F6N4O12S2. The van der Waals surface area contributed by atoms with Gasteiger partial charge >= 0.3 is 13.1 Å². The molecule has 5 aromatic rings. The lowest BCUT2D eigenvalue weighted by atomic mass is 9.80. The second-order valence-electron chi connectivity index (χ2n) is 18.1. The van der Waals surface area contributed by atoms with E-state index < -0.39 is 96.5 Å². The molecule has 1 saturated heterocycles. The van der Waals surface area contributed by atoms with Crippen molar-refractivity contribution in [2.75, 3.05) is 25.7 Å². The number of hydrogen-bond donors (Lipinski definition) is 3. The van der Waals surface area contributed by atoms with Crippen LogP contribution in [0.3, 0.4) is 0 Å². The van der Waals surface area contributed by atoms with Gasteiger partial charge in [-0.15, -0.1) is 0 Å². The average Bonchev–Trinajstić information content (AvgIpc) is 3.50. The number of carboxylic acid groups (broad SMARTS) is 1. The first kappa shape index (κ1) is 65.3. The molecule has 0 aliphatic carbocycles. The molecule has 414 valence electrons. The van der Waals surface area contributed by atoms with E-state index in [0.29, 0.717) is 48.2 Å². The van der Waals surface area contributed by atoms with Crippen LogP contribution in [-0.4, -0.2) is 93.7 Å². The second-order valence-corrected chi connectivity index (χ2v) is 24.1. The smallest absolute Gasteiger partial charge is 0.478 e. The molecule has 16 nitrogen and oxygen atoms in total. The molecule has 1 aliphatic rings. The lowest BCUT2D eigenvalue weighted by Crippen LogP contribution is -2.41. The Hall–Kier alpha value is -5.03. The van der Waals surface area contributed by atoms with E-state index in [2.05, 4.69) is 55.7 Å². The Morgan fingerprint density at radius 1 is 0.632 bits per heavy atom. The van der Waals surface area contributed by atoms with Gasteiger partial charge in [-0.05, 0) is 120 Å². The fourth-order valence-corrected chi connectivity index (χ4v) is 7.57. The molecule has 1 aliphatic heterocycles. The van der Waals surface area contributed by atoms with Gasteiger partial charge in [0.25, 0.3) is 11.8 Å². The van der Waals surface area contributed by atoms with E-state index in [9.17, 15) is 57.6 Å². The Morgan fingerprint density at radius 3 is 1.41 bits per heavy atom. The molecule has 2 amide bonds. The fraction of sp³-hybridized carbons (Fsp3) is 0.340. The van der Waals surface area contributed by atoms with Crippen LogP contribution in [0.5, 0.6) is 11.8 Å². The maximum absolute atomic E-state index is 14.4. The summed E-state index contributed by atoms with van der Waals surface area (Å²) in [7, 11) is -8.19. The molecule has 0 saturated carbocycles. The minimum absolute atomic E-state index is 0.0926. The highest BCUT2D eigenvalue weighted by atomic mass is 79.9. The summed E-state index contributed by atoms with van der Waals surface area (Å²) in [6, 6.07) is 7.30. The Kier molecular flexibility index (Phi) is 23.2. The highest BCUT2D eigenvalue weighted by molar-refractivity contribution is 9.10. The largest absolute Gasteiger partial charge is 0.496 e. The first-order valence-corrected chi connectivity index (χ1v) is 27.9. The summed E-state index contributed by atoms with van der Waals surface area (Å²) in [5.41, 5.74) is -2.06. The molecule has 3 N–H and O–H groups in total. The number of sulfonamides is 2. The van der Waals surface area contributed by atoms with E-state index in [4.69, 9.17) is 47.1 Å². The van der Waals surface area contributed by atoms with Crippen LogP contribution in [0.4, 0.5) is 26.3 Å². The van der Waals surface area contributed by atoms with Crippen molar-refractivity contribution in [3.05, 3.63) is 132 Å². The monoisotopic (exact) mass is 1280 g/mol. The number of ether oxygens (including phenoxy) is 2. The number of nitrogens with one attached hydrogen (secondary N) is 2. The number of amides is 2. The van der Waals surface area contributed by atoms with E-state index in [-0.39, 0.29) is 48.1 Å². The Bertz CT molecular complexity index is 3190. The zero-order valence-electron chi connectivity index (χ0n) is 41.8. The Morgan fingerprint density at radius 2 is 1.01 bits per heavy atom. The van der Waals surface area contributed by atoms with Crippen LogP contribution in [0.1, 0.15) is 86.5 Å². The molecule has 0 unspecified atom stereocenters. The number of nitrogens with zero attached hydrogens (tertiary/aromatic N) is 2. The third-order valence-electron chi connectivity index (χ3n) is 9.93. The van der Waals surface area contributed by atoms with Crippen molar-refractivity contribution in [3.63, 3.8) is 0 Å². The summed E-state index contributed by atoms with van der Waals surface area (Å²) in [5, 5.41) is 8.95. The minimum Gasteiger partial charge on any atom is -0.478 e. The summed E-state index contributed by atoms with van der Waals surface area (Å²) < 4.78 is 150. The highest BCUT2D eigenvalue weighted by Crippen LogP contribution is 2.37. The number of carbonyl (C=O) groups is 3. The summed E-state index contributed by atoms with van der Waals surface area (Å²) in [6.07, 6.45) is 4.42. The maximum Gasteiger partial charge on any atom is 0.496 e. The van der Waals surface area contributed by atoms with Crippen molar-refractivity contribution in [3.8, 4) is 22.9 Å². The third kappa shape index (κ3) is 19.5. The van der Waals surface area contributed by atoms with Crippen molar-refractivity contribution in [1.29, 1.82) is 0 Å². The lowest BCUT2D eigenvalue weighted by molar-refractivity contribution is 0.00578. The molecule has 6 rings (SSSR count). The predicted octanol–water partition coefficient (Wildman–Crippen LogP) is 10.3. The molecule has 3 aromatic carbocycles. The van der Waals surface area contributed by atoms with E-state index in [1.54, 1.807) is 17.0 Å². The number of aromatic carboxylic acids is 1. The normalized spacial score (nSPS) is 13.6. The van der Waals surface area contributed by atoms with Crippen molar-refractivity contribution in [1.82, 2.24) is 19.4 Å². The molecule has 29 heteroatoms. The Labute approximate surface area is 462 Å². The summed E-state index contributed by atoms with van der Waals surface area (Å²) in [5.74, 6) is -8.36. The number of aromatic nitrogens is 2. The highest BCUT2D eigenvalue weighted by Gasteiger charge is 2.52. The Balaban J connectivity index is 0.000000278. The average molecular weight is 1280 g/mol. The van der Waals surface area contributed by atoms with Gasteiger partial charge in [0.15, 0.2) is 0 Å². The van der Waals surface area contributed by atoms with Gasteiger partial charge in [-0.1, -0.05) is 50.9 Å². The lowest BCUT2D eigenvalue weighted by Gasteiger charge is -2.32. The zero-order valence-corrected chi connectivity index (χ0v) is 48.2. The van der Waals surface area contributed by atoms with Gasteiger partial charge in [-0.3, -0.25) is 9.59 Å². The second kappa shape index (κ2) is 27.0. The van der Waals surface area contributed by atoms with Crippen molar-refractivity contribution in [2.45, 2.75) is 66.6 Å². The first-order chi connectivity index (χ1) is 34.8. The van der Waals surface area contributed by atoms with E-state index in [1.165, 1.54) is 17.0 Å². The number of halogens is 10. The van der Waals surface area contributed by atoms with E-state index in [0.717, 1.165) is 36.2 Å². The van der Waals surface area contributed by atoms with E-state index >= 15 is 0 Å². The minimum atomic E-state index is -3.92. The number of rotatable bonds is 13. The summed E-state index contributed by atoms with van der Waals surface area (Å²) in [6.45, 7) is 17.1. The maximum atomic E-state index is 14.4. The van der Waals surface area contributed by atoms with Gasteiger partial charge in [0.05, 0.1) is 62.6 Å². The molecule has 0 bridgehead atoms. The number of benzene rings is 3. The standard InChI is InChI=1S/C17H17ClF2N2O4S.C15H23BClNO3.C8H6BrF2NO3S.C7H3BrF2O2/c1-9(2)8-26-17-13(18)4-10(7-21-17)11-5-15(20)12(6-14(11)19)16(23)22-27(3,24)25;1-10(2)9-19-13-12(17)7-11(8-18-13)16-20-14(3,4)15(5,6)21-16;1-16(14,15)12-8(13)4-2-7(11)5(9)3-6(4)10;8-4-2-5(9)3(7(11)12)1-6(4)10/h4-7,9H,8H2,1-3H3,(H,22,23);7-8,10H,9H2,1-6H3;2-3H,1H3,(H,12,13);1-2H,(H,11,12). The first-order valence-electron chi connectivity index (χ1n) is 21.8. The molecule has 0 atom stereocenters. The molecule has 2 aromatic heterocycles. The van der Waals surface area contributed by atoms with Gasteiger partial charge in [-0.2, -0.15) is 0 Å². The summed E-state index contributed by atoms with van der Waals surface area (Å²) >= 11 is 17.8. The quantitative estimate of drug-likeness (QED) is 0.0566. The number of carbonyl (C=O) groups excluding carboxylic acids is 2. The van der Waals surface area contributed by atoms with Crippen LogP contribution in [0.2, 0.25) is 10.0 Å².